The molecule has 2 nitrogen and oxygen atoms in total. The summed E-state index contributed by atoms with van der Waals surface area (Å²) in [4.78, 5) is 0.497. The fourth-order valence-electron chi connectivity index (χ4n) is 1.30. The largest absolute Gasteiger partial charge is 0.224 e. The van der Waals surface area contributed by atoms with Crippen LogP contribution >= 0.6 is 0 Å². The summed E-state index contributed by atoms with van der Waals surface area (Å²) in [7, 11) is -2.93. The van der Waals surface area contributed by atoms with Crippen molar-refractivity contribution < 1.29 is 8.42 Å². The number of fused-ring (bicyclic) bond motifs is 1. The normalized spacial score (nSPS) is 19.6. The van der Waals surface area contributed by atoms with Crippen molar-refractivity contribution in [1.29, 1.82) is 0 Å². The van der Waals surface area contributed by atoms with E-state index in [4.69, 9.17) is 0 Å². The molecule has 57 valence electrons. The Morgan fingerprint density at radius 1 is 1.45 bits per heavy atom. The molecule has 0 saturated carbocycles. The maximum absolute atomic E-state index is 11.2. The molecule has 11 heavy (non-hydrogen) atoms. The topological polar surface area (TPSA) is 34.1 Å². The average Bonchev–Trinajstić information content (AvgIpc) is 2.29. The molecule has 2 rings (SSSR count). The molecule has 0 bridgehead atoms. The van der Waals surface area contributed by atoms with Gasteiger partial charge < -0.3 is 0 Å². The Morgan fingerprint density at radius 3 is 3.00 bits per heavy atom. The van der Waals surface area contributed by atoms with Gasteiger partial charge in [-0.05, 0) is 30.2 Å². The van der Waals surface area contributed by atoms with E-state index in [9.17, 15) is 8.42 Å². The molecule has 0 amide bonds. The fraction of sp³-hybridized carbons (Fsp3) is 0.250. The summed E-state index contributed by atoms with van der Waals surface area (Å²) in [5.74, 6) is 0.264. The van der Waals surface area contributed by atoms with Crippen LogP contribution in [0.15, 0.2) is 23.1 Å². The highest BCUT2D eigenvalue weighted by molar-refractivity contribution is 7.91. The van der Waals surface area contributed by atoms with Crippen LogP contribution in [0.25, 0.3) is 0 Å². The van der Waals surface area contributed by atoms with Crippen molar-refractivity contribution in [1.82, 2.24) is 0 Å². The summed E-state index contributed by atoms with van der Waals surface area (Å²) in [5.41, 5.74) is 0.910. The maximum Gasteiger partial charge on any atom is 0.178 e. The van der Waals surface area contributed by atoms with Crippen molar-refractivity contribution in [3.8, 4) is 0 Å². The van der Waals surface area contributed by atoms with Crippen molar-refractivity contribution in [2.45, 2.75) is 11.3 Å². The van der Waals surface area contributed by atoms with Gasteiger partial charge in [-0.2, -0.15) is 0 Å². The Bertz CT molecular complexity index is 379. The van der Waals surface area contributed by atoms with Gasteiger partial charge >= 0.3 is 0 Å². The van der Waals surface area contributed by atoms with Gasteiger partial charge in [0.25, 0.3) is 0 Å². The Morgan fingerprint density at radius 2 is 2.27 bits per heavy atom. The summed E-state index contributed by atoms with van der Waals surface area (Å²) in [6.45, 7) is 0. The number of rotatable bonds is 0. The van der Waals surface area contributed by atoms with E-state index >= 15 is 0 Å². The molecule has 0 atom stereocenters. The highest BCUT2D eigenvalue weighted by atomic mass is 32.2. The van der Waals surface area contributed by atoms with Gasteiger partial charge in [0.15, 0.2) is 9.84 Å². The van der Waals surface area contributed by atoms with Crippen LogP contribution in [0.1, 0.15) is 5.56 Å². The molecule has 1 aromatic rings. The van der Waals surface area contributed by atoms with Crippen LogP contribution < -0.4 is 0 Å². The zero-order valence-corrected chi connectivity index (χ0v) is 6.69. The molecule has 1 aliphatic rings. The highest BCUT2D eigenvalue weighted by Gasteiger charge is 2.24. The van der Waals surface area contributed by atoms with Crippen LogP contribution in [0.3, 0.4) is 0 Å². The third kappa shape index (κ3) is 0.959. The van der Waals surface area contributed by atoms with Crippen molar-refractivity contribution in [2.75, 3.05) is 5.75 Å². The average molecular weight is 167 g/mol. The summed E-state index contributed by atoms with van der Waals surface area (Å²) in [5, 5.41) is 0. The molecule has 1 aromatic carbocycles. The lowest BCUT2D eigenvalue weighted by Gasteiger charge is -1.93. The number of sulfone groups is 1. The van der Waals surface area contributed by atoms with Gasteiger partial charge in [0, 0.05) is 0 Å². The zero-order valence-electron chi connectivity index (χ0n) is 5.87. The van der Waals surface area contributed by atoms with Gasteiger partial charge in [-0.25, -0.2) is 8.42 Å². The molecule has 1 aliphatic heterocycles. The van der Waals surface area contributed by atoms with E-state index in [1.807, 2.05) is 0 Å². The Labute approximate surface area is 65.8 Å². The minimum Gasteiger partial charge on any atom is -0.224 e. The predicted molar refractivity (Wildman–Crippen MR) is 41.0 cm³/mol. The van der Waals surface area contributed by atoms with Gasteiger partial charge in [-0.3, -0.25) is 0 Å². The molecule has 0 spiro atoms. The lowest BCUT2D eigenvalue weighted by atomic mass is 10.2. The second-order valence-corrected chi connectivity index (χ2v) is 4.68. The zero-order chi connectivity index (χ0) is 7.90. The minimum absolute atomic E-state index is 0.264. The first-order valence-electron chi connectivity index (χ1n) is 3.42. The van der Waals surface area contributed by atoms with E-state index in [1.165, 1.54) is 0 Å². The molecule has 1 radical (unpaired) electrons. The van der Waals surface area contributed by atoms with Gasteiger partial charge in [-0.1, -0.05) is 6.07 Å². The van der Waals surface area contributed by atoms with E-state index in [-0.39, 0.29) is 5.75 Å². The predicted octanol–water partition coefficient (Wildman–Crippen LogP) is 0.817. The van der Waals surface area contributed by atoms with Crippen LogP contribution in [0.4, 0.5) is 0 Å². The summed E-state index contributed by atoms with van der Waals surface area (Å²) in [6, 6.07) is 7.88. The lowest BCUT2D eigenvalue weighted by molar-refractivity contribution is 0.600. The number of benzene rings is 1. The number of hydrogen-bond acceptors (Lipinski definition) is 2. The second kappa shape index (κ2) is 2.08. The maximum atomic E-state index is 11.2. The first-order valence-corrected chi connectivity index (χ1v) is 5.07. The van der Waals surface area contributed by atoms with Gasteiger partial charge in [0.2, 0.25) is 0 Å². The summed E-state index contributed by atoms with van der Waals surface area (Å²) < 4.78 is 22.5. The third-order valence-electron chi connectivity index (χ3n) is 1.88. The molecular formula is C8H7O2S. The quantitative estimate of drug-likeness (QED) is 0.573. The van der Waals surface area contributed by atoms with Crippen LogP contribution in [0, 0.1) is 6.07 Å². The van der Waals surface area contributed by atoms with Gasteiger partial charge in [0.05, 0.1) is 10.6 Å². The van der Waals surface area contributed by atoms with E-state index in [1.54, 1.807) is 18.2 Å². The number of aryl methyl sites for hydroxylation is 1. The van der Waals surface area contributed by atoms with Crippen molar-refractivity contribution in [3.63, 3.8) is 0 Å². The molecule has 0 fully saturated rings. The first-order chi connectivity index (χ1) is 5.20. The van der Waals surface area contributed by atoms with Crippen LogP contribution in [0.5, 0.6) is 0 Å². The summed E-state index contributed by atoms with van der Waals surface area (Å²) in [6.07, 6.45) is 0.648. The summed E-state index contributed by atoms with van der Waals surface area (Å²) >= 11 is 0. The Hall–Kier alpha value is -0.830. The molecule has 0 unspecified atom stereocenters. The smallest absolute Gasteiger partial charge is 0.178 e. The molecule has 3 heteroatoms. The minimum atomic E-state index is -2.93. The highest BCUT2D eigenvalue weighted by Crippen LogP contribution is 2.24. The SMILES string of the molecule is O=S1(=O)CCc2c[c]ccc21. The van der Waals surface area contributed by atoms with Crippen LogP contribution in [0.2, 0.25) is 0 Å². The molecular weight excluding hydrogens is 160 g/mol. The molecule has 0 aromatic heterocycles. The molecule has 0 saturated heterocycles. The van der Waals surface area contributed by atoms with Crippen molar-refractivity contribution >= 4 is 9.84 Å². The van der Waals surface area contributed by atoms with Crippen LogP contribution in [-0.2, 0) is 16.3 Å². The van der Waals surface area contributed by atoms with Gasteiger partial charge in [0.1, 0.15) is 0 Å². The lowest BCUT2D eigenvalue weighted by Crippen LogP contribution is -1.97. The van der Waals surface area contributed by atoms with E-state index in [0.29, 0.717) is 11.3 Å². The van der Waals surface area contributed by atoms with Crippen molar-refractivity contribution in [3.05, 3.63) is 29.8 Å². The molecule has 0 aliphatic carbocycles. The Kier molecular flexibility index (Phi) is 1.29. The number of hydrogen-bond donors (Lipinski definition) is 0. The molecule has 0 N–H and O–H groups in total. The van der Waals surface area contributed by atoms with Crippen molar-refractivity contribution in [2.24, 2.45) is 0 Å². The monoisotopic (exact) mass is 167 g/mol. The van der Waals surface area contributed by atoms with E-state index in [0.717, 1.165) is 5.56 Å². The standard InChI is InChI=1S/C8H7O2S/c9-11(10)6-5-7-3-1-2-4-8(7)11/h2-4H,5-6H2. The Balaban J connectivity index is 2.75. The first kappa shape index (κ1) is 6.85. The molecule has 1 heterocycles. The van der Waals surface area contributed by atoms with Gasteiger partial charge in [-0.15, -0.1) is 0 Å². The van der Waals surface area contributed by atoms with Crippen LogP contribution in [-0.4, -0.2) is 14.2 Å². The second-order valence-electron chi connectivity index (χ2n) is 2.60. The fourth-order valence-corrected chi connectivity index (χ4v) is 2.85. The van der Waals surface area contributed by atoms with E-state index in [2.05, 4.69) is 6.07 Å². The third-order valence-corrected chi connectivity index (χ3v) is 3.69. The van der Waals surface area contributed by atoms with E-state index < -0.39 is 9.84 Å².